The molecule has 5 nitrogen and oxygen atoms in total. The van der Waals surface area contributed by atoms with Gasteiger partial charge in [0.1, 0.15) is 0 Å². The molecule has 0 radical (unpaired) electrons. The number of rotatable bonds is 34. The summed E-state index contributed by atoms with van der Waals surface area (Å²) in [5.41, 5.74) is 8.34. The molecular formula is C55H101NO4. The fourth-order valence-electron chi connectivity index (χ4n) is 12.8. The van der Waals surface area contributed by atoms with E-state index in [2.05, 4.69) is 59.8 Å². The summed E-state index contributed by atoms with van der Waals surface area (Å²) in [6, 6.07) is 0. The van der Waals surface area contributed by atoms with E-state index in [1.54, 1.807) is 5.57 Å². The molecule has 4 unspecified atom stereocenters. The third-order valence-electron chi connectivity index (χ3n) is 16.7. The van der Waals surface area contributed by atoms with Crippen LogP contribution in [0.15, 0.2) is 23.8 Å². The van der Waals surface area contributed by atoms with Gasteiger partial charge < -0.3 is 25.1 Å². The fraction of sp³-hybridized carbons (Fsp3) is 0.927. The number of aliphatic hydroxyl groups is 1. The van der Waals surface area contributed by atoms with Gasteiger partial charge in [-0.3, -0.25) is 0 Å². The topological polar surface area (TPSA) is 73.9 Å². The van der Waals surface area contributed by atoms with Crippen LogP contribution in [-0.4, -0.2) is 56.4 Å². The van der Waals surface area contributed by atoms with E-state index in [-0.39, 0.29) is 6.61 Å². The predicted molar refractivity (Wildman–Crippen MR) is 256 cm³/mol. The van der Waals surface area contributed by atoms with Gasteiger partial charge in [-0.05, 0) is 143 Å². The molecule has 4 rings (SSSR count). The number of hydrogen-bond acceptors (Lipinski definition) is 5. The Hall–Kier alpha value is -0.720. The molecule has 60 heavy (non-hydrogen) atoms. The maximum absolute atomic E-state index is 9.96. The summed E-state index contributed by atoms with van der Waals surface area (Å²) in [6.07, 6.45) is 45.8. The molecule has 0 aromatic carbocycles. The smallest absolute Gasteiger partial charge is 0.0862 e. The Labute approximate surface area is 373 Å². The lowest BCUT2D eigenvalue weighted by molar-refractivity contribution is -0.0641. The second-order valence-corrected chi connectivity index (χ2v) is 22.0. The summed E-state index contributed by atoms with van der Waals surface area (Å²) in [6.45, 7) is 17.9. The van der Waals surface area contributed by atoms with Crippen LogP contribution in [0.4, 0.5) is 0 Å². The lowest BCUT2D eigenvalue weighted by Gasteiger charge is -2.58. The van der Waals surface area contributed by atoms with Crippen molar-refractivity contribution < 1.29 is 19.3 Å². The van der Waals surface area contributed by atoms with Gasteiger partial charge in [-0.25, -0.2) is 0 Å². The van der Waals surface area contributed by atoms with Crippen molar-refractivity contribution in [2.24, 2.45) is 52.1 Å². The van der Waals surface area contributed by atoms with Crippen LogP contribution in [0.3, 0.4) is 0 Å². The van der Waals surface area contributed by atoms with Gasteiger partial charge in [0, 0.05) is 19.8 Å². The molecule has 0 heterocycles. The van der Waals surface area contributed by atoms with E-state index in [1.807, 2.05) is 0 Å². The van der Waals surface area contributed by atoms with Crippen LogP contribution >= 0.6 is 0 Å². The normalized spacial score (nSPS) is 29.4. The van der Waals surface area contributed by atoms with Crippen molar-refractivity contribution in [3.8, 4) is 0 Å². The number of nitrogens with two attached hydrogens (primary N) is 1. The highest BCUT2D eigenvalue weighted by atomic mass is 16.5. The average Bonchev–Trinajstić information content (AvgIpc) is 3.60. The van der Waals surface area contributed by atoms with Gasteiger partial charge in [0.15, 0.2) is 0 Å². The van der Waals surface area contributed by atoms with E-state index >= 15 is 0 Å². The molecule has 0 spiro atoms. The lowest BCUT2D eigenvalue weighted by Crippen LogP contribution is -2.52. The van der Waals surface area contributed by atoms with Crippen molar-refractivity contribution in [3.63, 3.8) is 0 Å². The first-order chi connectivity index (χ1) is 29.1. The molecule has 0 aromatic rings. The van der Waals surface area contributed by atoms with Crippen molar-refractivity contribution in [3.05, 3.63) is 23.8 Å². The molecular weight excluding hydrogens is 739 g/mol. The fourth-order valence-corrected chi connectivity index (χ4v) is 12.8. The van der Waals surface area contributed by atoms with Gasteiger partial charge in [0.05, 0.1) is 31.5 Å². The van der Waals surface area contributed by atoms with E-state index in [0.717, 1.165) is 74.2 Å². The van der Waals surface area contributed by atoms with Crippen LogP contribution < -0.4 is 5.73 Å². The number of allylic oxidation sites excluding steroid dienone is 3. The van der Waals surface area contributed by atoms with Gasteiger partial charge in [-0.1, -0.05) is 155 Å². The summed E-state index contributed by atoms with van der Waals surface area (Å²) in [5, 5.41) is 9.96. The quantitative estimate of drug-likeness (QED) is 0.0499. The van der Waals surface area contributed by atoms with Gasteiger partial charge in [0.2, 0.25) is 0 Å². The van der Waals surface area contributed by atoms with Crippen LogP contribution in [0.2, 0.25) is 0 Å². The molecule has 5 heteroatoms. The first-order valence-electron chi connectivity index (χ1n) is 26.6. The highest BCUT2D eigenvalue weighted by Crippen LogP contribution is 2.67. The third-order valence-corrected chi connectivity index (χ3v) is 16.7. The Bertz CT molecular complexity index is 1180. The first kappa shape index (κ1) is 51.9. The Morgan fingerprint density at radius 3 is 1.93 bits per heavy atom. The largest absolute Gasteiger partial charge is 0.394 e. The Kier molecular flexibility index (Phi) is 24.4. The Balaban J connectivity index is 0.978. The molecule has 0 amide bonds. The van der Waals surface area contributed by atoms with E-state index in [4.69, 9.17) is 19.9 Å². The minimum atomic E-state index is -0.816. The van der Waals surface area contributed by atoms with Crippen LogP contribution in [0.25, 0.3) is 0 Å². The maximum atomic E-state index is 9.96. The van der Waals surface area contributed by atoms with E-state index in [0.29, 0.717) is 43.4 Å². The van der Waals surface area contributed by atoms with Gasteiger partial charge in [-0.15, -0.1) is 0 Å². The Morgan fingerprint density at radius 1 is 0.717 bits per heavy atom. The molecule has 0 aromatic heterocycles. The molecule has 0 bridgehead atoms. The van der Waals surface area contributed by atoms with E-state index < -0.39 is 5.54 Å². The van der Waals surface area contributed by atoms with Crippen molar-refractivity contribution in [1.82, 2.24) is 0 Å². The number of ether oxygens (including phenoxy) is 3. The molecule has 3 N–H and O–H groups in total. The first-order valence-corrected chi connectivity index (χ1v) is 26.6. The number of fused-ring (bicyclic) bond motifs is 5. The van der Waals surface area contributed by atoms with Crippen LogP contribution in [0.1, 0.15) is 228 Å². The van der Waals surface area contributed by atoms with Crippen molar-refractivity contribution >= 4 is 0 Å². The zero-order valence-electron chi connectivity index (χ0n) is 40.8. The molecule has 3 saturated carbocycles. The van der Waals surface area contributed by atoms with Crippen LogP contribution in [0.5, 0.6) is 0 Å². The maximum Gasteiger partial charge on any atom is 0.0862 e. The average molecular weight is 840 g/mol. The second kappa shape index (κ2) is 28.2. The van der Waals surface area contributed by atoms with E-state index in [9.17, 15) is 5.11 Å². The molecule has 4 aliphatic carbocycles. The van der Waals surface area contributed by atoms with Crippen molar-refractivity contribution in [1.29, 1.82) is 0 Å². The summed E-state index contributed by atoms with van der Waals surface area (Å²) in [7, 11) is 0. The lowest BCUT2D eigenvalue weighted by atomic mass is 9.47. The SMILES string of the molecule is CCCCCCCC/C=C\CCCCCCCCOCC(N)(CO)COCCCCCCO[C@H]1CC[C@@]2(C)C(=CCC3C2CC[C@@]2(C)C3CC[C@@H]2[C@H](C)CCCC(C)C)C1. The van der Waals surface area contributed by atoms with Crippen LogP contribution in [0, 0.1) is 46.3 Å². The molecule has 0 saturated heterocycles. The number of hydrogen-bond donors (Lipinski definition) is 2. The summed E-state index contributed by atoms with van der Waals surface area (Å²) in [4.78, 5) is 0. The molecule has 9 atom stereocenters. The number of aliphatic hydroxyl groups excluding tert-OH is 1. The monoisotopic (exact) mass is 840 g/mol. The molecule has 4 aliphatic rings. The van der Waals surface area contributed by atoms with Crippen molar-refractivity contribution in [2.75, 3.05) is 39.6 Å². The summed E-state index contributed by atoms with van der Waals surface area (Å²) >= 11 is 0. The van der Waals surface area contributed by atoms with Crippen molar-refractivity contribution in [2.45, 2.75) is 239 Å². The van der Waals surface area contributed by atoms with Gasteiger partial charge >= 0.3 is 0 Å². The highest BCUT2D eigenvalue weighted by molar-refractivity contribution is 5.25. The summed E-state index contributed by atoms with van der Waals surface area (Å²) < 4.78 is 18.4. The summed E-state index contributed by atoms with van der Waals surface area (Å²) in [5.74, 6) is 5.39. The second-order valence-electron chi connectivity index (χ2n) is 22.0. The third kappa shape index (κ3) is 16.7. The molecule has 3 fully saturated rings. The minimum absolute atomic E-state index is 0.116. The zero-order chi connectivity index (χ0) is 43.1. The number of unbranched alkanes of at least 4 members (excludes halogenated alkanes) is 15. The molecule has 0 aliphatic heterocycles. The Morgan fingerprint density at radius 2 is 1.32 bits per heavy atom. The van der Waals surface area contributed by atoms with Gasteiger partial charge in [0.25, 0.3) is 0 Å². The van der Waals surface area contributed by atoms with Crippen LogP contribution in [-0.2, 0) is 14.2 Å². The van der Waals surface area contributed by atoms with Gasteiger partial charge in [-0.2, -0.15) is 0 Å². The highest BCUT2D eigenvalue weighted by Gasteiger charge is 2.59. The van der Waals surface area contributed by atoms with E-state index in [1.165, 1.54) is 154 Å². The standard InChI is InChI=1S/C55H101NO4/c1-7-8-9-10-11-12-13-14-15-16-17-18-19-20-21-24-38-58-43-55(56,42-57)44-59-39-25-22-23-26-40-60-48-34-36-53(5)47(41-48)30-31-49-51-33-32-50(46(4)29-27-28-45(2)3)54(51,6)37-35-52(49)53/h14-15,30,45-46,48-52,57H,7-13,16-29,31-44,56H2,1-6H3/b15-14-/t46-,48+,49?,50-,51?,52?,53+,54-,55?/m1/s1. The molecule has 350 valence electrons. The zero-order valence-corrected chi connectivity index (χ0v) is 40.8. The predicted octanol–water partition coefficient (Wildman–Crippen LogP) is 14.7. The minimum Gasteiger partial charge on any atom is -0.394 e.